The Morgan fingerprint density at radius 3 is 2.34 bits per heavy atom. The molecule has 0 unspecified atom stereocenters. The van der Waals surface area contributed by atoms with Crippen LogP contribution in [0.1, 0.15) is 49.1 Å². The number of carboxylic acids is 1. The number of aliphatic carboxylic acids is 1. The number of hydrogen-bond donors (Lipinski definition) is 4. The van der Waals surface area contributed by atoms with Gasteiger partial charge in [0.2, 0.25) is 17.6 Å². The smallest absolute Gasteiger partial charge is 0.408 e. The third kappa shape index (κ3) is 9.82. The number of carbonyl (C=O) groups excluding carboxylic acids is 3. The first kappa shape index (κ1) is 40.3. The van der Waals surface area contributed by atoms with Crippen molar-refractivity contribution in [1.82, 2.24) is 16.0 Å². The van der Waals surface area contributed by atoms with Crippen LogP contribution >= 0.6 is 0 Å². The van der Waals surface area contributed by atoms with Crippen molar-refractivity contribution in [1.29, 1.82) is 0 Å². The Bertz CT molecular complexity index is 2160. The molecule has 0 aromatic heterocycles. The number of nitro benzene ring substituents is 1. The molecule has 2 heterocycles. The summed E-state index contributed by atoms with van der Waals surface area (Å²) in [5.74, 6) is -1.60. The van der Waals surface area contributed by atoms with Crippen LogP contribution in [0.2, 0.25) is 0 Å². The highest BCUT2D eigenvalue weighted by Crippen LogP contribution is 2.43. The zero-order valence-electron chi connectivity index (χ0n) is 31.6. The van der Waals surface area contributed by atoms with Crippen LogP contribution in [0.15, 0.2) is 72.8 Å². The Hall–Kier alpha value is -6.84. The summed E-state index contributed by atoms with van der Waals surface area (Å²) in [6.45, 7) is 4.81. The van der Waals surface area contributed by atoms with Gasteiger partial charge in [0, 0.05) is 36.2 Å². The van der Waals surface area contributed by atoms with Gasteiger partial charge in [-0.25, -0.2) is 9.59 Å². The molecule has 2 atom stereocenters. The zero-order chi connectivity index (χ0) is 40.7. The minimum Gasteiger partial charge on any atom is -0.497 e. The van der Waals surface area contributed by atoms with Crippen LogP contribution in [-0.4, -0.2) is 66.9 Å². The molecule has 2 aliphatic heterocycles. The van der Waals surface area contributed by atoms with Gasteiger partial charge in [-0.15, -0.1) is 0 Å². The van der Waals surface area contributed by atoms with E-state index in [2.05, 4.69) is 16.0 Å². The van der Waals surface area contributed by atoms with Gasteiger partial charge in [-0.2, -0.15) is 0 Å². The number of amides is 3. The highest BCUT2D eigenvalue weighted by Gasteiger charge is 2.29. The second-order valence-corrected chi connectivity index (χ2v) is 13.8. The maximum absolute atomic E-state index is 14.0. The highest BCUT2D eigenvalue weighted by molar-refractivity contribution is 5.88. The van der Waals surface area contributed by atoms with Gasteiger partial charge in [-0.1, -0.05) is 24.3 Å². The molecule has 0 saturated carbocycles. The van der Waals surface area contributed by atoms with Crippen LogP contribution in [0, 0.1) is 10.1 Å². The lowest BCUT2D eigenvalue weighted by molar-refractivity contribution is -0.385. The van der Waals surface area contributed by atoms with Gasteiger partial charge in [0.05, 0.1) is 32.7 Å². The van der Waals surface area contributed by atoms with Crippen LogP contribution in [0.4, 0.5) is 10.5 Å². The number of hydrogen-bond acceptors (Lipinski definition) is 11. The maximum Gasteiger partial charge on any atom is 0.408 e. The average Bonchev–Trinajstić information content (AvgIpc) is 3.14. The largest absolute Gasteiger partial charge is 0.497 e. The number of ether oxygens (including phenoxy) is 5. The lowest BCUT2D eigenvalue weighted by atomic mass is 9.93. The molecule has 16 nitrogen and oxygen atoms in total. The topological polar surface area (TPSA) is 214 Å². The minimum absolute atomic E-state index is 0.121. The van der Waals surface area contributed by atoms with Crippen LogP contribution < -0.4 is 34.9 Å². The molecule has 0 spiro atoms. The van der Waals surface area contributed by atoms with Crippen LogP contribution in [-0.2, 0) is 38.5 Å². The van der Waals surface area contributed by atoms with Gasteiger partial charge < -0.3 is 44.7 Å². The predicted octanol–water partition coefficient (Wildman–Crippen LogP) is 5.63. The standard InChI is InChI=1S/C40H42N4O12/c1-40(2,3)56-39(49)42-29-15-23-10-12-32(30(16-23)44(50)51)55-26-9-7-8-22(14-26)17-34(45)43-36(38(47)48)24-11-13-31(53-5)28(19-24)35-25(21-41-37(29)46)18-27(52-4)20-33(35)54-6/h7-14,16,18-20,29,36H,15,17,21H2,1-6H3,(H,41,46)(H,42,49)(H,43,45)(H,47,48)/t29-,36-/m1/s1. The number of carboxylic acid groups (broad SMARTS) is 1. The highest BCUT2D eigenvalue weighted by atomic mass is 16.6. The summed E-state index contributed by atoms with van der Waals surface area (Å²) in [4.78, 5) is 64.6. The second kappa shape index (κ2) is 17.1. The normalized spacial score (nSPS) is 16.0. The van der Waals surface area contributed by atoms with Gasteiger partial charge in [0.15, 0.2) is 6.04 Å². The molecule has 6 rings (SSSR count). The van der Waals surface area contributed by atoms with Crippen molar-refractivity contribution < 1.29 is 52.9 Å². The molecule has 3 amide bonds. The van der Waals surface area contributed by atoms with Crippen molar-refractivity contribution in [2.45, 2.75) is 57.8 Å². The Morgan fingerprint density at radius 2 is 1.68 bits per heavy atom. The third-order valence-electron chi connectivity index (χ3n) is 8.60. The summed E-state index contributed by atoms with van der Waals surface area (Å²) in [6.07, 6.45) is -1.32. The van der Waals surface area contributed by atoms with E-state index in [4.69, 9.17) is 23.7 Å². The molecule has 0 aliphatic carbocycles. The van der Waals surface area contributed by atoms with E-state index in [1.165, 1.54) is 51.7 Å². The number of nitrogens with one attached hydrogen (secondary N) is 3. The van der Waals surface area contributed by atoms with E-state index in [1.54, 1.807) is 63.2 Å². The summed E-state index contributed by atoms with van der Waals surface area (Å²) in [5.41, 5.74) is 0.866. The molecule has 0 saturated heterocycles. The fourth-order valence-corrected chi connectivity index (χ4v) is 6.12. The van der Waals surface area contributed by atoms with Crippen molar-refractivity contribution in [3.63, 3.8) is 0 Å². The Labute approximate surface area is 322 Å². The number of nitrogens with zero attached hydrogens (tertiary/aromatic N) is 1. The van der Waals surface area contributed by atoms with E-state index in [-0.39, 0.29) is 42.2 Å². The Kier molecular flexibility index (Phi) is 12.3. The summed E-state index contributed by atoms with van der Waals surface area (Å²) < 4.78 is 28.3. The van der Waals surface area contributed by atoms with Gasteiger partial charge in [-0.05, 0) is 79.4 Å². The van der Waals surface area contributed by atoms with Crippen LogP contribution in [0.3, 0.4) is 0 Å². The Balaban J connectivity index is 1.68. The number of carbonyl (C=O) groups is 4. The molecule has 4 aromatic carbocycles. The molecule has 56 heavy (non-hydrogen) atoms. The van der Waals surface area contributed by atoms with Crippen molar-refractivity contribution in [2.24, 2.45) is 0 Å². The SMILES string of the molecule is COc1cc2c(c(OC)c1)-c1cc(ccc1OC)[C@H](C(=O)O)NC(=O)Cc1cccc(c1)Oc1ccc(cc1[N+](=O)[O-])C[C@@H](NC(=O)OC(C)(C)C)C(=O)NC2. The number of fused-ring (bicyclic) bond motifs is 9. The van der Waals surface area contributed by atoms with Crippen molar-refractivity contribution in [3.8, 4) is 39.9 Å². The zero-order valence-corrected chi connectivity index (χ0v) is 31.6. The van der Waals surface area contributed by atoms with E-state index in [9.17, 15) is 34.4 Å². The van der Waals surface area contributed by atoms with Gasteiger partial charge in [0.1, 0.15) is 34.6 Å². The van der Waals surface area contributed by atoms with Crippen LogP contribution in [0.5, 0.6) is 28.7 Å². The molecule has 6 bridgehead atoms. The molecule has 4 aromatic rings. The van der Waals surface area contributed by atoms with Crippen LogP contribution in [0.25, 0.3) is 11.1 Å². The van der Waals surface area contributed by atoms with Gasteiger partial charge >= 0.3 is 17.7 Å². The average molecular weight is 771 g/mol. The van der Waals surface area contributed by atoms with Crippen molar-refractivity contribution in [2.75, 3.05) is 21.3 Å². The first-order valence-corrected chi connectivity index (χ1v) is 17.4. The van der Waals surface area contributed by atoms with Gasteiger partial charge in [0.25, 0.3) is 0 Å². The fraction of sp³-hybridized carbons (Fsp3) is 0.300. The monoisotopic (exact) mass is 770 g/mol. The molecule has 0 fully saturated rings. The van der Waals surface area contributed by atoms with Crippen molar-refractivity contribution in [3.05, 3.63) is 105 Å². The first-order chi connectivity index (χ1) is 26.6. The molecule has 16 heteroatoms. The molecule has 4 N–H and O–H groups in total. The van der Waals surface area contributed by atoms with E-state index in [0.29, 0.717) is 39.3 Å². The minimum atomic E-state index is -1.50. The lowest BCUT2D eigenvalue weighted by Gasteiger charge is -2.24. The van der Waals surface area contributed by atoms with E-state index >= 15 is 0 Å². The lowest BCUT2D eigenvalue weighted by Crippen LogP contribution is -2.49. The summed E-state index contributed by atoms with van der Waals surface area (Å²) in [6, 6.07) is 15.5. The first-order valence-electron chi connectivity index (χ1n) is 17.4. The number of rotatable bonds is 6. The number of benzene rings is 4. The number of alkyl carbamates (subject to hydrolysis) is 1. The number of nitro groups is 1. The molecular weight excluding hydrogens is 728 g/mol. The third-order valence-corrected chi connectivity index (χ3v) is 8.60. The summed E-state index contributed by atoms with van der Waals surface area (Å²) in [7, 11) is 4.31. The number of methoxy groups -OCH3 is 3. The molecule has 0 radical (unpaired) electrons. The van der Waals surface area contributed by atoms with E-state index < -0.39 is 52.2 Å². The second-order valence-electron chi connectivity index (χ2n) is 13.8. The Morgan fingerprint density at radius 1 is 0.929 bits per heavy atom. The van der Waals surface area contributed by atoms with E-state index in [1.807, 2.05) is 0 Å². The van der Waals surface area contributed by atoms with E-state index in [0.717, 1.165) is 0 Å². The van der Waals surface area contributed by atoms with Crippen molar-refractivity contribution >= 4 is 29.6 Å². The molecule has 294 valence electrons. The van der Waals surface area contributed by atoms with Gasteiger partial charge in [-0.3, -0.25) is 19.7 Å². The summed E-state index contributed by atoms with van der Waals surface area (Å²) in [5, 5.41) is 30.6. The quantitative estimate of drug-likeness (QED) is 0.139. The molecular formula is C40H42N4O12. The summed E-state index contributed by atoms with van der Waals surface area (Å²) >= 11 is 0. The fourth-order valence-electron chi connectivity index (χ4n) is 6.12. The molecule has 2 aliphatic rings. The maximum atomic E-state index is 14.0. The predicted molar refractivity (Wildman–Crippen MR) is 202 cm³/mol.